The van der Waals surface area contributed by atoms with E-state index in [0.29, 0.717) is 0 Å². The standard InChI is InChI=1S/C16H22BrN3O/c1-5-20-15(16(17)12(4)19-20)10-18-13-6-8-14(9-7-13)21-11(2)3/h6-9,11,18H,5,10H2,1-4H3. The van der Waals surface area contributed by atoms with Gasteiger partial charge in [0.05, 0.1) is 28.5 Å². The van der Waals surface area contributed by atoms with Gasteiger partial charge in [-0.05, 0) is 67.9 Å². The molecular formula is C16H22BrN3O. The molecule has 0 unspecified atom stereocenters. The number of benzene rings is 1. The molecule has 0 aliphatic rings. The lowest BCUT2D eigenvalue weighted by Crippen LogP contribution is -2.08. The van der Waals surface area contributed by atoms with Gasteiger partial charge in [-0.2, -0.15) is 5.10 Å². The van der Waals surface area contributed by atoms with Gasteiger partial charge in [0.25, 0.3) is 0 Å². The molecule has 0 atom stereocenters. The van der Waals surface area contributed by atoms with Gasteiger partial charge in [0.15, 0.2) is 0 Å². The number of nitrogens with zero attached hydrogens (tertiary/aromatic N) is 2. The first kappa shape index (κ1) is 15.9. The first-order valence-corrected chi connectivity index (χ1v) is 8.03. The topological polar surface area (TPSA) is 39.1 Å². The van der Waals surface area contributed by atoms with Crippen LogP contribution < -0.4 is 10.1 Å². The van der Waals surface area contributed by atoms with Gasteiger partial charge >= 0.3 is 0 Å². The van der Waals surface area contributed by atoms with E-state index >= 15 is 0 Å². The van der Waals surface area contributed by atoms with E-state index in [1.165, 1.54) is 0 Å². The maximum atomic E-state index is 5.64. The summed E-state index contributed by atoms with van der Waals surface area (Å²) < 4.78 is 8.74. The Bertz CT molecular complexity index is 590. The van der Waals surface area contributed by atoms with E-state index in [9.17, 15) is 0 Å². The van der Waals surface area contributed by atoms with Gasteiger partial charge in [0, 0.05) is 12.2 Å². The van der Waals surface area contributed by atoms with E-state index in [0.717, 1.165) is 40.4 Å². The highest BCUT2D eigenvalue weighted by molar-refractivity contribution is 9.10. The molecule has 0 amide bonds. The zero-order valence-corrected chi connectivity index (χ0v) is 14.6. The summed E-state index contributed by atoms with van der Waals surface area (Å²) in [6.45, 7) is 9.76. The van der Waals surface area contributed by atoms with Gasteiger partial charge in [-0.3, -0.25) is 4.68 Å². The van der Waals surface area contributed by atoms with Crippen molar-refractivity contribution >= 4 is 21.6 Å². The second-order valence-electron chi connectivity index (χ2n) is 5.21. The normalized spacial score (nSPS) is 11.0. The highest BCUT2D eigenvalue weighted by Gasteiger charge is 2.11. The van der Waals surface area contributed by atoms with Crippen molar-refractivity contribution in [3.8, 4) is 5.75 Å². The molecule has 1 aromatic heterocycles. The van der Waals surface area contributed by atoms with Gasteiger partial charge < -0.3 is 10.1 Å². The van der Waals surface area contributed by atoms with Crippen molar-refractivity contribution < 1.29 is 4.74 Å². The summed E-state index contributed by atoms with van der Waals surface area (Å²) in [5.74, 6) is 0.895. The fraction of sp³-hybridized carbons (Fsp3) is 0.438. The highest BCUT2D eigenvalue weighted by atomic mass is 79.9. The van der Waals surface area contributed by atoms with Crippen LogP contribution in [0.15, 0.2) is 28.7 Å². The van der Waals surface area contributed by atoms with E-state index in [-0.39, 0.29) is 6.10 Å². The third-order valence-corrected chi connectivity index (χ3v) is 4.17. The Morgan fingerprint density at radius 2 is 1.95 bits per heavy atom. The zero-order chi connectivity index (χ0) is 15.4. The zero-order valence-electron chi connectivity index (χ0n) is 13.0. The van der Waals surface area contributed by atoms with Crippen LogP contribution in [0.1, 0.15) is 32.2 Å². The van der Waals surface area contributed by atoms with E-state index in [1.54, 1.807) is 0 Å². The Morgan fingerprint density at radius 1 is 1.29 bits per heavy atom. The highest BCUT2D eigenvalue weighted by Crippen LogP contribution is 2.23. The molecule has 5 heteroatoms. The Morgan fingerprint density at radius 3 is 2.52 bits per heavy atom. The molecule has 1 aromatic carbocycles. The molecule has 4 nitrogen and oxygen atoms in total. The summed E-state index contributed by atoms with van der Waals surface area (Å²) in [6, 6.07) is 8.04. The SMILES string of the molecule is CCn1nc(C)c(Br)c1CNc1ccc(OC(C)C)cc1. The molecule has 1 heterocycles. The molecule has 114 valence electrons. The van der Waals surface area contributed by atoms with Crippen LogP contribution in [-0.2, 0) is 13.1 Å². The molecule has 0 bridgehead atoms. The van der Waals surface area contributed by atoms with Gasteiger partial charge in [-0.25, -0.2) is 0 Å². The summed E-state index contributed by atoms with van der Waals surface area (Å²) in [5.41, 5.74) is 3.26. The lowest BCUT2D eigenvalue weighted by Gasteiger charge is -2.12. The fourth-order valence-corrected chi connectivity index (χ4v) is 2.57. The minimum absolute atomic E-state index is 0.196. The molecular weight excluding hydrogens is 330 g/mol. The van der Waals surface area contributed by atoms with Crippen LogP contribution in [-0.4, -0.2) is 15.9 Å². The third kappa shape index (κ3) is 4.00. The van der Waals surface area contributed by atoms with E-state index in [1.807, 2.05) is 49.7 Å². The summed E-state index contributed by atoms with van der Waals surface area (Å²) in [6.07, 6.45) is 0.196. The largest absolute Gasteiger partial charge is 0.491 e. The fourth-order valence-electron chi connectivity index (χ4n) is 2.15. The minimum Gasteiger partial charge on any atom is -0.491 e. The minimum atomic E-state index is 0.196. The van der Waals surface area contributed by atoms with Crippen molar-refractivity contribution in [1.29, 1.82) is 0 Å². The number of aromatic nitrogens is 2. The van der Waals surface area contributed by atoms with Crippen LogP contribution in [0.5, 0.6) is 5.75 Å². The van der Waals surface area contributed by atoms with Crippen molar-refractivity contribution in [2.45, 2.75) is 46.9 Å². The number of halogens is 1. The third-order valence-electron chi connectivity index (χ3n) is 3.14. The number of nitrogens with one attached hydrogen (secondary N) is 1. The Labute approximate surface area is 134 Å². The Hall–Kier alpha value is -1.49. The lowest BCUT2D eigenvalue weighted by atomic mass is 10.3. The molecule has 0 aliphatic carbocycles. The number of aryl methyl sites for hydroxylation is 2. The summed E-state index contributed by atoms with van der Waals surface area (Å²) in [5, 5.41) is 7.92. The summed E-state index contributed by atoms with van der Waals surface area (Å²) in [4.78, 5) is 0. The molecule has 0 aliphatic heterocycles. The van der Waals surface area contributed by atoms with Crippen LogP contribution in [0.3, 0.4) is 0 Å². The van der Waals surface area contributed by atoms with Crippen molar-refractivity contribution in [2.75, 3.05) is 5.32 Å². The van der Waals surface area contributed by atoms with Crippen molar-refractivity contribution in [2.24, 2.45) is 0 Å². The van der Waals surface area contributed by atoms with E-state index in [4.69, 9.17) is 4.74 Å². The number of ether oxygens (including phenoxy) is 1. The number of hydrogen-bond donors (Lipinski definition) is 1. The van der Waals surface area contributed by atoms with Gasteiger partial charge in [-0.1, -0.05) is 0 Å². The molecule has 1 N–H and O–H groups in total. The predicted octanol–water partition coefficient (Wildman–Crippen LogP) is 4.37. The van der Waals surface area contributed by atoms with Crippen molar-refractivity contribution in [3.63, 3.8) is 0 Å². The lowest BCUT2D eigenvalue weighted by molar-refractivity contribution is 0.242. The van der Waals surface area contributed by atoms with Crippen LogP contribution in [0, 0.1) is 6.92 Å². The molecule has 0 fully saturated rings. The van der Waals surface area contributed by atoms with Crippen molar-refractivity contribution in [1.82, 2.24) is 9.78 Å². The summed E-state index contributed by atoms with van der Waals surface area (Å²) in [7, 11) is 0. The smallest absolute Gasteiger partial charge is 0.119 e. The number of rotatable bonds is 6. The predicted molar refractivity (Wildman–Crippen MR) is 89.9 cm³/mol. The number of hydrogen-bond acceptors (Lipinski definition) is 3. The van der Waals surface area contributed by atoms with Crippen LogP contribution in [0.2, 0.25) is 0 Å². The van der Waals surface area contributed by atoms with Crippen LogP contribution >= 0.6 is 15.9 Å². The maximum absolute atomic E-state index is 5.64. The second kappa shape index (κ2) is 6.98. The first-order valence-electron chi connectivity index (χ1n) is 7.23. The number of anilines is 1. The van der Waals surface area contributed by atoms with Crippen molar-refractivity contribution in [3.05, 3.63) is 40.1 Å². The van der Waals surface area contributed by atoms with Crippen LogP contribution in [0.4, 0.5) is 5.69 Å². The quantitative estimate of drug-likeness (QED) is 0.839. The Balaban J connectivity index is 2.03. The molecule has 0 spiro atoms. The van der Waals surface area contributed by atoms with Crippen LogP contribution in [0.25, 0.3) is 0 Å². The second-order valence-corrected chi connectivity index (χ2v) is 6.00. The monoisotopic (exact) mass is 351 g/mol. The molecule has 0 saturated carbocycles. The van der Waals surface area contributed by atoms with Gasteiger partial charge in [0.1, 0.15) is 5.75 Å². The van der Waals surface area contributed by atoms with Gasteiger partial charge in [0.2, 0.25) is 0 Å². The maximum Gasteiger partial charge on any atom is 0.119 e. The first-order chi connectivity index (χ1) is 10.0. The average molecular weight is 352 g/mol. The molecule has 2 rings (SSSR count). The van der Waals surface area contributed by atoms with E-state index in [2.05, 4.69) is 33.3 Å². The Kier molecular flexibility index (Phi) is 5.28. The molecule has 0 radical (unpaired) electrons. The molecule has 2 aromatic rings. The summed E-state index contributed by atoms with van der Waals surface area (Å²) >= 11 is 3.61. The molecule has 0 saturated heterocycles. The molecule has 21 heavy (non-hydrogen) atoms. The average Bonchev–Trinajstić information content (AvgIpc) is 2.73. The van der Waals surface area contributed by atoms with E-state index < -0.39 is 0 Å². The van der Waals surface area contributed by atoms with Gasteiger partial charge in [-0.15, -0.1) is 0 Å².